The summed E-state index contributed by atoms with van der Waals surface area (Å²) in [5.41, 5.74) is 0.642. The Balaban J connectivity index is 1.37. The fourth-order valence-electron chi connectivity index (χ4n) is 3.92. The summed E-state index contributed by atoms with van der Waals surface area (Å²) >= 11 is 6.43. The minimum Gasteiger partial charge on any atom is -0.423 e. The van der Waals surface area contributed by atoms with Crippen molar-refractivity contribution in [3.63, 3.8) is 0 Å². The van der Waals surface area contributed by atoms with Gasteiger partial charge in [-0.15, -0.1) is 0 Å². The number of carbonyl (C=O) groups excluding carboxylic acids is 2. The third-order valence-electron chi connectivity index (χ3n) is 5.79. The molecule has 5 aromatic carbocycles. The lowest BCUT2D eigenvalue weighted by Crippen LogP contribution is -2.16. The molecule has 5 aromatic rings. The Kier molecular flexibility index (Phi) is 9.81. The second kappa shape index (κ2) is 13.5. The second-order valence-electron chi connectivity index (χ2n) is 8.40. The van der Waals surface area contributed by atoms with Gasteiger partial charge >= 0.3 is 11.9 Å². The summed E-state index contributed by atoms with van der Waals surface area (Å²) in [5.74, 6) is -0.574. The molecule has 0 unspecified atom stereocenters. The van der Waals surface area contributed by atoms with Crippen molar-refractivity contribution in [2.75, 3.05) is 0 Å². The van der Waals surface area contributed by atoms with Gasteiger partial charge in [0.2, 0.25) is 0 Å². The zero-order valence-electron chi connectivity index (χ0n) is 20.7. The second-order valence-corrected chi connectivity index (χ2v) is 13.8. The van der Waals surface area contributed by atoms with Crippen molar-refractivity contribution < 1.29 is 19.1 Å². The van der Waals surface area contributed by atoms with Gasteiger partial charge in [0.25, 0.3) is 0 Å². The molecule has 0 aromatic heterocycles. The maximum Gasteiger partial charge on any atom is 0.347 e. The highest BCUT2D eigenvalue weighted by Gasteiger charge is 2.28. The zero-order chi connectivity index (χ0) is 28.1. The Morgan fingerprint density at radius 2 is 1.05 bits per heavy atom. The molecule has 0 aliphatic rings. The average Bonchev–Trinajstić information content (AvgIpc) is 2.98. The molecule has 0 radical (unpaired) electrons. The molecule has 0 atom stereocenters. The van der Waals surface area contributed by atoms with E-state index in [4.69, 9.17) is 9.47 Å². The predicted molar refractivity (Wildman–Crippen MR) is 182 cm³/mol. The van der Waals surface area contributed by atoms with Crippen LogP contribution in [0.25, 0.3) is 0 Å². The van der Waals surface area contributed by atoms with Crippen LogP contribution in [-0.2, 0) is 10.9 Å². The first kappa shape index (κ1) is 29.1. The van der Waals surface area contributed by atoms with Gasteiger partial charge in [0.15, 0.2) is 14.7 Å². The summed E-state index contributed by atoms with van der Waals surface area (Å²) in [5, 5.41) is 0. The lowest BCUT2D eigenvalue weighted by atomic mass is 10.2. The fourth-order valence-corrected chi connectivity index (χ4v) is 8.33. The van der Waals surface area contributed by atoms with Gasteiger partial charge in [0, 0.05) is 10.7 Å². The van der Waals surface area contributed by atoms with Gasteiger partial charge in [0.1, 0.15) is 17.1 Å². The topological polar surface area (TPSA) is 52.6 Å². The molecule has 0 saturated heterocycles. The maximum absolute atomic E-state index is 13.2. The lowest BCUT2D eigenvalue weighted by molar-refractivity contribution is 0.0705. The molecule has 40 heavy (non-hydrogen) atoms. The largest absolute Gasteiger partial charge is 0.423 e. The Morgan fingerprint density at radius 3 is 1.68 bits per heavy atom. The van der Waals surface area contributed by atoms with Crippen molar-refractivity contribution in [3.8, 4) is 11.5 Å². The highest BCUT2D eigenvalue weighted by molar-refractivity contribution is 14.1. The van der Waals surface area contributed by atoms with Crippen LogP contribution >= 0.6 is 67.8 Å². The standard InChI is InChI=1S/C32H20I3O4S/c33-26-19-20-27(34)30(35)29(26)32(37)39-28-14-8-7-13-25(28)31(36)38-21-15-17-24(18-16-21)40(22-9-3-1-4-10-22)23-11-5-2-6-12-23/h1-20H/q+1. The smallest absolute Gasteiger partial charge is 0.347 e. The van der Waals surface area contributed by atoms with E-state index < -0.39 is 11.9 Å². The Bertz CT molecular complexity index is 1620. The van der Waals surface area contributed by atoms with Gasteiger partial charge in [0.05, 0.1) is 16.5 Å². The minimum absolute atomic E-state index is 0.147. The van der Waals surface area contributed by atoms with Crippen LogP contribution in [0.2, 0.25) is 0 Å². The van der Waals surface area contributed by atoms with E-state index >= 15 is 0 Å². The molecule has 0 spiro atoms. The number of para-hydroxylation sites is 1. The number of halogens is 3. The van der Waals surface area contributed by atoms with Crippen molar-refractivity contribution in [1.82, 2.24) is 0 Å². The fraction of sp³-hybridized carbons (Fsp3) is 0. The van der Waals surface area contributed by atoms with Crippen LogP contribution < -0.4 is 9.47 Å². The van der Waals surface area contributed by atoms with Gasteiger partial charge in [-0.1, -0.05) is 48.5 Å². The van der Waals surface area contributed by atoms with Crippen LogP contribution in [0.4, 0.5) is 0 Å². The van der Waals surface area contributed by atoms with Crippen LogP contribution in [0, 0.1) is 10.7 Å². The normalized spacial score (nSPS) is 10.8. The van der Waals surface area contributed by atoms with Crippen molar-refractivity contribution in [2.24, 2.45) is 0 Å². The van der Waals surface area contributed by atoms with E-state index in [0.717, 1.165) is 15.6 Å². The molecule has 0 aliphatic carbocycles. The van der Waals surface area contributed by atoms with E-state index in [1.165, 1.54) is 9.79 Å². The highest BCUT2D eigenvalue weighted by atomic mass is 127. The summed E-state index contributed by atoms with van der Waals surface area (Å²) < 4.78 is 13.9. The molecule has 0 saturated carbocycles. The van der Waals surface area contributed by atoms with E-state index in [0.29, 0.717) is 11.3 Å². The quantitative estimate of drug-likeness (QED) is 0.0539. The van der Waals surface area contributed by atoms with Crippen molar-refractivity contribution in [1.29, 1.82) is 0 Å². The van der Waals surface area contributed by atoms with Gasteiger partial charge in [-0.05, 0) is 141 Å². The molecule has 0 heterocycles. The number of hydrogen-bond donors (Lipinski definition) is 0. The third-order valence-corrected chi connectivity index (χ3v) is 12.0. The maximum atomic E-state index is 13.2. The molecule has 0 amide bonds. The van der Waals surface area contributed by atoms with E-state index in [1.54, 1.807) is 36.4 Å². The number of esters is 2. The van der Waals surface area contributed by atoms with Gasteiger partial charge < -0.3 is 9.47 Å². The Hall–Kier alpha value is -2.42. The van der Waals surface area contributed by atoms with Crippen molar-refractivity contribution >= 4 is 90.6 Å². The van der Waals surface area contributed by atoms with Crippen LogP contribution in [0.5, 0.6) is 11.5 Å². The molecule has 0 fully saturated rings. The number of carbonyl (C=O) groups is 2. The Morgan fingerprint density at radius 1 is 0.525 bits per heavy atom. The van der Waals surface area contributed by atoms with Gasteiger partial charge in [-0.2, -0.15) is 0 Å². The molecular formula is C32H20I3O4S+. The molecule has 5 rings (SSSR count). The number of rotatable bonds is 7. The molecule has 198 valence electrons. The zero-order valence-corrected chi connectivity index (χ0v) is 28.0. The van der Waals surface area contributed by atoms with Crippen LogP contribution in [0.15, 0.2) is 136 Å². The van der Waals surface area contributed by atoms with E-state index in [2.05, 4.69) is 92.0 Å². The summed E-state index contributed by atoms with van der Waals surface area (Å²) in [7, 11) is -0.306. The first-order valence-electron chi connectivity index (χ1n) is 12.0. The molecule has 0 bridgehead atoms. The van der Waals surface area contributed by atoms with Crippen LogP contribution in [-0.4, -0.2) is 11.9 Å². The summed E-state index contributed by atoms with van der Waals surface area (Å²) in [6.07, 6.45) is 0. The number of hydrogen-bond acceptors (Lipinski definition) is 4. The number of ether oxygens (including phenoxy) is 2. The van der Waals surface area contributed by atoms with E-state index in [-0.39, 0.29) is 22.2 Å². The van der Waals surface area contributed by atoms with Gasteiger partial charge in [-0.25, -0.2) is 9.59 Å². The van der Waals surface area contributed by atoms with Crippen LogP contribution in [0.1, 0.15) is 20.7 Å². The Labute approximate surface area is 276 Å². The first-order chi connectivity index (χ1) is 19.4. The molecule has 4 nitrogen and oxygen atoms in total. The van der Waals surface area contributed by atoms with Crippen molar-refractivity contribution in [3.05, 3.63) is 143 Å². The molecule has 8 heteroatoms. The number of benzene rings is 5. The first-order valence-corrected chi connectivity index (χ1v) is 16.5. The average molecular weight is 881 g/mol. The highest BCUT2D eigenvalue weighted by Crippen LogP contribution is 2.32. The third kappa shape index (κ3) is 6.72. The monoisotopic (exact) mass is 881 g/mol. The summed E-state index contributed by atoms with van der Waals surface area (Å²) in [6.45, 7) is 0. The summed E-state index contributed by atoms with van der Waals surface area (Å²) in [6, 6.07) is 38.7. The summed E-state index contributed by atoms with van der Waals surface area (Å²) in [4.78, 5) is 29.8. The van der Waals surface area contributed by atoms with Crippen molar-refractivity contribution in [2.45, 2.75) is 14.7 Å². The lowest BCUT2D eigenvalue weighted by Gasteiger charge is -2.12. The molecular weight excluding hydrogens is 861 g/mol. The minimum atomic E-state index is -0.603. The molecule has 0 aliphatic heterocycles. The SMILES string of the molecule is O=C(Oc1ccc([S+](c2ccccc2)c2ccccc2)cc1)c1ccccc1OC(=O)c1c(I)ccc(I)c1I. The molecule has 0 N–H and O–H groups in total. The van der Waals surface area contributed by atoms with E-state index in [1.807, 2.05) is 60.7 Å². The van der Waals surface area contributed by atoms with Gasteiger partial charge in [-0.3, -0.25) is 0 Å². The van der Waals surface area contributed by atoms with E-state index in [9.17, 15) is 9.59 Å². The predicted octanol–water partition coefficient (Wildman–Crippen LogP) is 9.03. The van der Waals surface area contributed by atoms with Crippen LogP contribution in [0.3, 0.4) is 0 Å².